The van der Waals surface area contributed by atoms with Gasteiger partial charge in [-0.15, -0.1) is 0 Å². The van der Waals surface area contributed by atoms with Gasteiger partial charge in [0.1, 0.15) is 5.75 Å². The Morgan fingerprint density at radius 2 is 1.21 bits per heavy atom. The summed E-state index contributed by atoms with van der Waals surface area (Å²) >= 11 is 0. The maximum absolute atomic E-state index is 12.7. The summed E-state index contributed by atoms with van der Waals surface area (Å²) < 4.78 is 6.10. The highest BCUT2D eigenvalue weighted by Gasteiger charge is 2.26. The first-order chi connectivity index (χ1) is 18.5. The molecular weight excluding hydrogens is 480 g/mol. The van der Waals surface area contributed by atoms with Gasteiger partial charge < -0.3 is 20.5 Å². The fraction of sp³-hybridized carbons (Fsp3) is 0.258. The predicted octanol–water partition coefficient (Wildman–Crippen LogP) is 5.18. The topological polar surface area (TPSA) is 105 Å². The molecule has 0 aromatic heterocycles. The van der Waals surface area contributed by atoms with Gasteiger partial charge in [-0.3, -0.25) is 14.4 Å². The second-order valence-electron chi connectivity index (χ2n) is 9.73. The molecule has 1 aliphatic carbocycles. The first kappa shape index (κ1) is 25.3. The van der Waals surface area contributed by atoms with Crippen molar-refractivity contribution >= 4 is 39.3 Å². The Morgan fingerprint density at radius 1 is 0.684 bits per heavy atom. The van der Waals surface area contributed by atoms with E-state index in [9.17, 15) is 14.4 Å². The minimum absolute atomic E-state index is 0.0230. The SMILES string of the molecule is O=C(NCCNC(=O)c1ccc2cc(O[C@H]3CC[C@@H](C(=O)O)CC3)ccc2c1)c1ccc2ccccc2c1. The number of ether oxygens (including phenoxy) is 1. The van der Waals surface area contributed by atoms with Crippen LogP contribution < -0.4 is 15.4 Å². The maximum atomic E-state index is 12.7. The summed E-state index contributed by atoms with van der Waals surface area (Å²) in [4.78, 5) is 36.3. The molecule has 7 heteroatoms. The fourth-order valence-corrected chi connectivity index (χ4v) is 4.95. The van der Waals surface area contributed by atoms with E-state index in [2.05, 4.69) is 10.6 Å². The van der Waals surface area contributed by atoms with E-state index >= 15 is 0 Å². The average Bonchev–Trinajstić information content (AvgIpc) is 2.94. The highest BCUT2D eigenvalue weighted by Crippen LogP contribution is 2.29. The number of fused-ring (bicyclic) bond motifs is 2. The molecule has 0 spiro atoms. The number of carbonyl (C=O) groups excluding carboxylic acids is 2. The van der Waals surface area contributed by atoms with Crippen LogP contribution in [-0.2, 0) is 4.79 Å². The zero-order valence-electron chi connectivity index (χ0n) is 21.0. The summed E-state index contributed by atoms with van der Waals surface area (Å²) in [5, 5.41) is 18.8. The summed E-state index contributed by atoms with van der Waals surface area (Å²) in [5.41, 5.74) is 1.12. The van der Waals surface area contributed by atoms with Gasteiger partial charge in [0.2, 0.25) is 0 Å². The predicted molar refractivity (Wildman–Crippen MR) is 147 cm³/mol. The van der Waals surface area contributed by atoms with Gasteiger partial charge >= 0.3 is 5.97 Å². The van der Waals surface area contributed by atoms with Crippen molar-refractivity contribution in [1.82, 2.24) is 10.6 Å². The van der Waals surface area contributed by atoms with E-state index in [1.807, 2.05) is 66.7 Å². The standard InChI is InChI=1S/C31H30N2O5/c34-29(25-7-5-20-3-1-2-4-22(20)17-25)32-15-16-33-30(35)26-8-6-24-19-28(14-11-23(24)18-26)38-27-12-9-21(10-13-27)31(36)37/h1-8,11,14,17-19,21,27H,9-10,12-13,15-16H2,(H,32,34)(H,33,35)(H,36,37)/t21-,27+. The Balaban J connectivity index is 1.11. The molecule has 1 aliphatic rings. The van der Waals surface area contributed by atoms with Gasteiger partial charge in [-0.05, 0) is 83.6 Å². The van der Waals surface area contributed by atoms with Gasteiger partial charge in [0.25, 0.3) is 11.8 Å². The van der Waals surface area contributed by atoms with Gasteiger partial charge in [0, 0.05) is 24.2 Å². The first-order valence-corrected chi connectivity index (χ1v) is 12.9. The van der Waals surface area contributed by atoms with Crippen LogP contribution in [0.2, 0.25) is 0 Å². The average molecular weight is 511 g/mol. The molecule has 7 nitrogen and oxygen atoms in total. The van der Waals surface area contributed by atoms with Crippen molar-refractivity contribution in [3.05, 3.63) is 90.0 Å². The number of hydrogen-bond acceptors (Lipinski definition) is 4. The molecule has 3 N–H and O–H groups in total. The van der Waals surface area contributed by atoms with E-state index in [4.69, 9.17) is 9.84 Å². The number of aliphatic carboxylic acids is 1. The highest BCUT2D eigenvalue weighted by molar-refractivity contribution is 5.99. The molecule has 4 aromatic carbocycles. The van der Waals surface area contributed by atoms with Crippen LogP contribution in [0.15, 0.2) is 78.9 Å². The smallest absolute Gasteiger partial charge is 0.306 e. The van der Waals surface area contributed by atoms with Crippen LogP contribution in [0.4, 0.5) is 0 Å². The van der Waals surface area contributed by atoms with Gasteiger partial charge in [0.05, 0.1) is 12.0 Å². The number of rotatable bonds is 8. The number of carboxylic acid groups (broad SMARTS) is 1. The second-order valence-corrected chi connectivity index (χ2v) is 9.73. The lowest BCUT2D eigenvalue weighted by molar-refractivity contribution is -0.143. The molecule has 1 fully saturated rings. The normalized spacial score (nSPS) is 17.2. The zero-order chi connectivity index (χ0) is 26.5. The molecule has 0 unspecified atom stereocenters. The van der Waals surface area contributed by atoms with E-state index in [0.29, 0.717) is 37.1 Å². The van der Waals surface area contributed by atoms with Crippen molar-refractivity contribution in [2.75, 3.05) is 13.1 Å². The van der Waals surface area contributed by atoms with E-state index in [0.717, 1.165) is 40.1 Å². The molecule has 38 heavy (non-hydrogen) atoms. The Bertz CT molecular complexity index is 1490. The minimum Gasteiger partial charge on any atom is -0.490 e. The van der Waals surface area contributed by atoms with Crippen LogP contribution in [0, 0.1) is 5.92 Å². The number of nitrogens with one attached hydrogen (secondary N) is 2. The van der Waals surface area contributed by atoms with Crippen LogP contribution in [0.5, 0.6) is 5.75 Å². The molecule has 0 atom stereocenters. The fourth-order valence-electron chi connectivity index (χ4n) is 4.95. The number of carboxylic acids is 1. The lowest BCUT2D eigenvalue weighted by atomic mass is 9.87. The van der Waals surface area contributed by atoms with E-state index in [1.54, 1.807) is 12.1 Å². The van der Waals surface area contributed by atoms with Crippen LogP contribution in [0.1, 0.15) is 46.4 Å². The number of benzene rings is 4. The van der Waals surface area contributed by atoms with Gasteiger partial charge in [-0.1, -0.05) is 42.5 Å². The van der Waals surface area contributed by atoms with Crippen molar-refractivity contribution in [3.8, 4) is 5.75 Å². The van der Waals surface area contributed by atoms with Crippen molar-refractivity contribution in [1.29, 1.82) is 0 Å². The quantitative estimate of drug-likeness (QED) is 0.284. The third-order valence-electron chi connectivity index (χ3n) is 7.11. The highest BCUT2D eigenvalue weighted by atomic mass is 16.5. The Morgan fingerprint density at radius 3 is 1.84 bits per heavy atom. The van der Waals surface area contributed by atoms with Crippen molar-refractivity contribution in [2.24, 2.45) is 5.92 Å². The molecule has 0 aliphatic heterocycles. The van der Waals surface area contributed by atoms with Crippen molar-refractivity contribution in [3.63, 3.8) is 0 Å². The van der Waals surface area contributed by atoms with Crippen LogP contribution in [0.25, 0.3) is 21.5 Å². The Hall–Kier alpha value is -4.39. The summed E-state index contributed by atoms with van der Waals surface area (Å²) in [7, 11) is 0. The van der Waals surface area contributed by atoms with E-state index < -0.39 is 5.97 Å². The Labute approximate surface area is 220 Å². The lowest BCUT2D eigenvalue weighted by Gasteiger charge is -2.26. The Kier molecular flexibility index (Phi) is 7.54. The minimum atomic E-state index is -0.722. The van der Waals surface area contributed by atoms with E-state index in [1.165, 1.54) is 0 Å². The van der Waals surface area contributed by atoms with Crippen molar-refractivity contribution in [2.45, 2.75) is 31.8 Å². The van der Waals surface area contributed by atoms with Crippen LogP contribution in [-0.4, -0.2) is 42.1 Å². The monoisotopic (exact) mass is 510 g/mol. The third kappa shape index (κ3) is 5.94. The molecule has 0 heterocycles. The summed E-state index contributed by atoms with van der Waals surface area (Å²) in [6.45, 7) is 0.632. The molecule has 2 amide bonds. The molecule has 5 rings (SSSR count). The largest absolute Gasteiger partial charge is 0.490 e. The van der Waals surface area contributed by atoms with Gasteiger partial charge in [-0.25, -0.2) is 0 Å². The molecule has 0 radical (unpaired) electrons. The van der Waals surface area contributed by atoms with Crippen LogP contribution >= 0.6 is 0 Å². The second kappa shape index (κ2) is 11.3. The molecule has 1 saturated carbocycles. The summed E-state index contributed by atoms with van der Waals surface area (Å²) in [6, 6.07) is 24.7. The third-order valence-corrected chi connectivity index (χ3v) is 7.11. The molecule has 194 valence electrons. The van der Waals surface area contributed by atoms with E-state index in [-0.39, 0.29) is 23.8 Å². The number of amides is 2. The number of carbonyl (C=O) groups is 3. The van der Waals surface area contributed by atoms with Gasteiger partial charge in [0.15, 0.2) is 0 Å². The first-order valence-electron chi connectivity index (χ1n) is 12.9. The number of hydrogen-bond donors (Lipinski definition) is 3. The molecule has 4 aromatic rings. The summed E-state index contributed by atoms with van der Waals surface area (Å²) in [6.07, 6.45) is 2.77. The molecular formula is C31H30N2O5. The summed E-state index contributed by atoms with van der Waals surface area (Å²) in [5.74, 6) is -0.627. The van der Waals surface area contributed by atoms with Crippen LogP contribution in [0.3, 0.4) is 0 Å². The zero-order valence-corrected chi connectivity index (χ0v) is 21.0. The van der Waals surface area contributed by atoms with Crippen molar-refractivity contribution < 1.29 is 24.2 Å². The lowest BCUT2D eigenvalue weighted by Crippen LogP contribution is -2.34. The molecule has 0 saturated heterocycles. The molecule has 0 bridgehead atoms. The van der Waals surface area contributed by atoms with Gasteiger partial charge in [-0.2, -0.15) is 0 Å². The maximum Gasteiger partial charge on any atom is 0.306 e.